The predicted octanol–water partition coefficient (Wildman–Crippen LogP) is 1.40. The maximum atomic E-state index is 12.1. The summed E-state index contributed by atoms with van der Waals surface area (Å²) in [6, 6.07) is 8.77. The summed E-state index contributed by atoms with van der Waals surface area (Å²) in [7, 11) is 3.11. The highest BCUT2D eigenvalue weighted by Gasteiger charge is 2.40. The van der Waals surface area contributed by atoms with Gasteiger partial charge in [0, 0.05) is 27.1 Å². The van der Waals surface area contributed by atoms with Crippen LogP contribution in [0.3, 0.4) is 0 Å². The molecule has 5 heteroatoms. The Labute approximate surface area is 118 Å². The van der Waals surface area contributed by atoms with Crippen molar-refractivity contribution in [2.45, 2.75) is 37.3 Å². The fourth-order valence-electron chi connectivity index (χ4n) is 2.57. The monoisotopic (exact) mass is 280 g/mol. The lowest BCUT2D eigenvalue weighted by Crippen LogP contribution is -2.50. The molecule has 0 bridgehead atoms. The summed E-state index contributed by atoms with van der Waals surface area (Å²) in [5.74, 6) is -0.415. The highest BCUT2D eigenvalue weighted by Crippen LogP contribution is 2.27. The van der Waals surface area contributed by atoms with E-state index in [-0.39, 0.29) is 12.2 Å². The van der Waals surface area contributed by atoms with Crippen molar-refractivity contribution in [3.63, 3.8) is 0 Å². The molecule has 1 aliphatic carbocycles. The summed E-state index contributed by atoms with van der Waals surface area (Å²) >= 11 is 0. The topological polar surface area (TPSA) is 65.0 Å². The second-order valence-corrected chi connectivity index (χ2v) is 4.91. The predicted molar refractivity (Wildman–Crippen MR) is 72.5 cm³/mol. The van der Waals surface area contributed by atoms with Crippen LogP contribution >= 0.6 is 0 Å². The van der Waals surface area contributed by atoms with Crippen molar-refractivity contribution in [3.8, 4) is 0 Å². The van der Waals surface area contributed by atoms with Gasteiger partial charge in [0.15, 0.2) is 0 Å². The standard InChI is InChI=1S/C15H20O5/c1-18-12-8-11(16)9-13(14(12)19-2)20-15(17)10-6-4-3-5-7-10/h3-7,11-14,16H,8-9H2,1-2H3/t11?,12?,13-,14?/m1/s1. The van der Waals surface area contributed by atoms with E-state index in [2.05, 4.69) is 0 Å². The van der Waals surface area contributed by atoms with E-state index >= 15 is 0 Å². The lowest BCUT2D eigenvalue weighted by Gasteiger charge is -2.37. The summed E-state index contributed by atoms with van der Waals surface area (Å²) in [6.07, 6.45) is -0.875. The smallest absolute Gasteiger partial charge is 0.338 e. The molecule has 1 saturated carbocycles. The molecule has 2 rings (SSSR count). The van der Waals surface area contributed by atoms with Gasteiger partial charge in [-0.3, -0.25) is 0 Å². The van der Waals surface area contributed by atoms with Gasteiger partial charge < -0.3 is 19.3 Å². The van der Waals surface area contributed by atoms with Crippen molar-refractivity contribution in [2.24, 2.45) is 0 Å². The van der Waals surface area contributed by atoms with Crippen LogP contribution in [0.5, 0.6) is 0 Å². The van der Waals surface area contributed by atoms with Gasteiger partial charge in [0.2, 0.25) is 0 Å². The van der Waals surface area contributed by atoms with Crippen LogP contribution in [0.25, 0.3) is 0 Å². The largest absolute Gasteiger partial charge is 0.456 e. The van der Waals surface area contributed by atoms with E-state index in [0.717, 1.165) is 0 Å². The molecule has 4 atom stereocenters. The molecule has 20 heavy (non-hydrogen) atoms. The number of aliphatic hydroxyl groups is 1. The maximum Gasteiger partial charge on any atom is 0.338 e. The highest BCUT2D eigenvalue weighted by atomic mass is 16.6. The van der Waals surface area contributed by atoms with Crippen LogP contribution in [0.2, 0.25) is 0 Å². The number of aliphatic hydroxyl groups excluding tert-OH is 1. The van der Waals surface area contributed by atoms with Crippen LogP contribution in [0.1, 0.15) is 23.2 Å². The number of ether oxygens (including phenoxy) is 3. The van der Waals surface area contributed by atoms with Gasteiger partial charge in [0.05, 0.1) is 17.8 Å². The average molecular weight is 280 g/mol. The van der Waals surface area contributed by atoms with Gasteiger partial charge in [-0.1, -0.05) is 18.2 Å². The van der Waals surface area contributed by atoms with Crippen molar-refractivity contribution in [1.29, 1.82) is 0 Å². The van der Waals surface area contributed by atoms with Crippen molar-refractivity contribution >= 4 is 5.97 Å². The number of hydrogen-bond acceptors (Lipinski definition) is 5. The summed E-state index contributed by atoms with van der Waals surface area (Å²) in [6.45, 7) is 0. The van der Waals surface area contributed by atoms with Crippen LogP contribution in [0, 0.1) is 0 Å². The highest BCUT2D eigenvalue weighted by molar-refractivity contribution is 5.89. The zero-order valence-corrected chi connectivity index (χ0v) is 11.7. The molecular formula is C15H20O5. The molecule has 1 aromatic carbocycles. The lowest BCUT2D eigenvalue weighted by molar-refractivity contribution is -0.145. The first kappa shape index (κ1) is 15.0. The van der Waals surface area contributed by atoms with Gasteiger partial charge in [0.25, 0.3) is 0 Å². The molecule has 0 spiro atoms. The van der Waals surface area contributed by atoms with Crippen LogP contribution in [-0.2, 0) is 14.2 Å². The number of carbonyl (C=O) groups excluding carboxylic acids is 1. The summed E-state index contributed by atoms with van der Waals surface area (Å²) in [5.41, 5.74) is 0.483. The van der Waals surface area contributed by atoms with Crippen molar-refractivity contribution < 1.29 is 24.1 Å². The summed E-state index contributed by atoms with van der Waals surface area (Å²) in [5, 5.41) is 9.85. The third-order valence-corrected chi connectivity index (χ3v) is 3.58. The van der Waals surface area contributed by atoms with E-state index < -0.39 is 18.2 Å². The molecule has 0 saturated heterocycles. The van der Waals surface area contributed by atoms with Crippen molar-refractivity contribution in [1.82, 2.24) is 0 Å². The molecule has 0 heterocycles. The number of esters is 1. The Morgan fingerprint density at radius 3 is 2.35 bits per heavy atom. The maximum absolute atomic E-state index is 12.1. The minimum atomic E-state index is -0.556. The zero-order chi connectivity index (χ0) is 14.5. The lowest BCUT2D eigenvalue weighted by atomic mass is 9.89. The molecule has 1 fully saturated rings. The normalized spacial score (nSPS) is 29.9. The number of benzene rings is 1. The number of methoxy groups -OCH3 is 2. The van der Waals surface area contributed by atoms with Crippen LogP contribution < -0.4 is 0 Å². The number of hydrogen-bond donors (Lipinski definition) is 1. The Morgan fingerprint density at radius 1 is 1.10 bits per heavy atom. The molecule has 110 valence electrons. The Hall–Kier alpha value is -1.43. The number of carbonyl (C=O) groups is 1. The second kappa shape index (κ2) is 6.83. The van der Waals surface area contributed by atoms with E-state index in [9.17, 15) is 9.90 Å². The van der Waals surface area contributed by atoms with Gasteiger partial charge in [-0.15, -0.1) is 0 Å². The van der Waals surface area contributed by atoms with E-state index in [1.165, 1.54) is 0 Å². The van der Waals surface area contributed by atoms with Gasteiger partial charge in [-0.05, 0) is 12.1 Å². The van der Waals surface area contributed by atoms with E-state index in [1.54, 1.807) is 38.5 Å². The van der Waals surface area contributed by atoms with Crippen LogP contribution in [0.15, 0.2) is 30.3 Å². The Balaban J connectivity index is 2.07. The molecule has 1 aromatic rings. The van der Waals surface area contributed by atoms with E-state index in [1.807, 2.05) is 6.07 Å². The summed E-state index contributed by atoms with van der Waals surface area (Å²) < 4.78 is 16.2. The van der Waals surface area contributed by atoms with Gasteiger partial charge in [-0.25, -0.2) is 4.79 Å². The van der Waals surface area contributed by atoms with Gasteiger partial charge >= 0.3 is 5.97 Å². The Bertz CT molecular complexity index is 433. The van der Waals surface area contributed by atoms with E-state index in [0.29, 0.717) is 18.4 Å². The Kier molecular flexibility index (Phi) is 5.11. The molecule has 0 aliphatic heterocycles. The first-order chi connectivity index (χ1) is 9.65. The van der Waals surface area contributed by atoms with Gasteiger partial charge in [0.1, 0.15) is 12.2 Å². The minimum absolute atomic E-state index is 0.280. The molecule has 5 nitrogen and oxygen atoms in total. The molecule has 1 N–H and O–H groups in total. The SMILES string of the molecule is COC1CC(O)C[C@@H](OC(=O)c2ccccc2)C1OC. The third kappa shape index (κ3) is 3.36. The Morgan fingerprint density at radius 2 is 1.75 bits per heavy atom. The van der Waals surface area contributed by atoms with Crippen LogP contribution in [0.4, 0.5) is 0 Å². The third-order valence-electron chi connectivity index (χ3n) is 3.58. The molecule has 0 amide bonds. The molecule has 3 unspecified atom stereocenters. The zero-order valence-electron chi connectivity index (χ0n) is 11.7. The summed E-state index contributed by atoms with van der Waals surface area (Å²) in [4.78, 5) is 12.1. The number of rotatable bonds is 4. The minimum Gasteiger partial charge on any atom is -0.456 e. The molecule has 1 aliphatic rings. The fraction of sp³-hybridized carbons (Fsp3) is 0.533. The van der Waals surface area contributed by atoms with Gasteiger partial charge in [-0.2, -0.15) is 0 Å². The van der Waals surface area contributed by atoms with Crippen LogP contribution in [-0.4, -0.2) is 49.7 Å². The first-order valence-electron chi connectivity index (χ1n) is 6.65. The quantitative estimate of drug-likeness (QED) is 0.844. The molecule has 0 aromatic heterocycles. The van der Waals surface area contributed by atoms with E-state index in [4.69, 9.17) is 14.2 Å². The second-order valence-electron chi connectivity index (χ2n) is 4.91. The molecule has 0 radical (unpaired) electrons. The fourth-order valence-corrected chi connectivity index (χ4v) is 2.57. The van der Waals surface area contributed by atoms with Crippen molar-refractivity contribution in [3.05, 3.63) is 35.9 Å². The molecular weight excluding hydrogens is 260 g/mol. The van der Waals surface area contributed by atoms with Crippen molar-refractivity contribution in [2.75, 3.05) is 14.2 Å². The average Bonchev–Trinajstić information content (AvgIpc) is 2.47. The first-order valence-corrected chi connectivity index (χ1v) is 6.65.